The van der Waals surface area contributed by atoms with Crippen LogP contribution < -0.4 is 5.32 Å². The zero-order valence-electron chi connectivity index (χ0n) is 13.3. The molecule has 130 valence electrons. The lowest BCUT2D eigenvalue weighted by Crippen LogP contribution is -2.50. The molecule has 2 rings (SSSR count). The molecule has 1 aromatic rings. The van der Waals surface area contributed by atoms with Crippen molar-refractivity contribution in [2.24, 2.45) is 5.41 Å². The van der Waals surface area contributed by atoms with Crippen LogP contribution in [0.1, 0.15) is 31.0 Å². The van der Waals surface area contributed by atoms with Gasteiger partial charge in [-0.1, -0.05) is 13.8 Å². The maximum atomic E-state index is 13.7. The van der Waals surface area contributed by atoms with E-state index >= 15 is 0 Å². The van der Waals surface area contributed by atoms with Gasteiger partial charge in [-0.3, -0.25) is 4.90 Å². The summed E-state index contributed by atoms with van der Waals surface area (Å²) in [7, 11) is 0. The Balaban J connectivity index is 2.57. The van der Waals surface area contributed by atoms with Gasteiger partial charge in [-0.2, -0.15) is 13.2 Å². The van der Waals surface area contributed by atoms with Gasteiger partial charge in [-0.25, -0.2) is 4.39 Å². The van der Waals surface area contributed by atoms with Gasteiger partial charge in [0, 0.05) is 44.2 Å². The lowest BCUT2D eigenvalue weighted by Gasteiger charge is -2.44. The molecule has 0 saturated carbocycles. The number of aliphatic hydroxyl groups excluding tert-OH is 1. The Morgan fingerprint density at radius 1 is 1.22 bits per heavy atom. The predicted octanol–water partition coefficient (Wildman–Crippen LogP) is 2.81. The zero-order chi connectivity index (χ0) is 17.3. The van der Waals surface area contributed by atoms with Crippen LogP contribution in [0.2, 0.25) is 0 Å². The highest BCUT2D eigenvalue weighted by molar-refractivity contribution is 5.34. The Labute approximate surface area is 133 Å². The average Bonchev–Trinajstić information content (AvgIpc) is 2.47. The summed E-state index contributed by atoms with van der Waals surface area (Å²) in [4.78, 5) is 1.89. The molecule has 1 saturated heterocycles. The van der Waals surface area contributed by atoms with Crippen molar-refractivity contribution in [2.75, 3.05) is 32.8 Å². The van der Waals surface area contributed by atoms with Crippen LogP contribution in [0.5, 0.6) is 0 Å². The fraction of sp³-hybridized carbons (Fsp3) is 0.625. The molecular weight excluding hydrogens is 312 g/mol. The van der Waals surface area contributed by atoms with Gasteiger partial charge in [0.1, 0.15) is 5.82 Å². The molecule has 1 fully saturated rings. The third kappa shape index (κ3) is 4.02. The highest BCUT2D eigenvalue weighted by Crippen LogP contribution is 2.44. The summed E-state index contributed by atoms with van der Waals surface area (Å²) in [5, 5.41) is 12.8. The van der Waals surface area contributed by atoms with E-state index in [0.29, 0.717) is 26.2 Å². The smallest absolute Gasteiger partial charge is 0.396 e. The van der Waals surface area contributed by atoms with E-state index in [1.165, 1.54) is 0 Å². The summed E-state index contributed by atoms with van der Waals surface area (Å²) in [6.07, 6.45) is -4.57. The molecule has 1 aliphatic heterocycles. The van der Waals surface area contributed by atoms with E-state index in [4.69, 9.17) is 0 Å². The molecule has 3 nitrogen and oxygen atoms in total. The summed E-state index contributed by atoms with van der Waals surface area (Å²) in [5.41, 5.74) is -1.80. The summed E-state index contributed by atoms with van der Waals surface area (Å²) in [5.74, 6) is -0.707. The van der Waals surface area contributed by atoms with Gasteiger partial charge in [0.15, 0.2) is 0 Å². The Hall–Kier alpha value is -1.18. The quantitative estimate of drug-likeness (QED) is 0.831. The molecule has 23 heavy (non-hydrogen) atoms. The Bertz CT molecular complexity index is 539. The van der Waals surface area contributed by atoms with Crippen LogP contribution in [0.4, 0.5) is 17.6 Å². The average molecular weight is 334 g/mol. The highest BCUT2D eigenvalue weighted by Gasteiger charge is 2.42. The largest absolute Gasteiger partial charge is 0.416 e. The van der Waals surface area contributed by atoms with Crippen molar-refractivity contribution in [1.29, 1.82) is 0 Å². The van der Waals surface area contributed by atoms with Crippen molar-refractivity contribution in [1.82, 2.24) is 10.2 Å². The lowest BCUT2D eigenvalue weighted by molar-refractivity contribution is -0.139. The minimum atomic E-state index is -4.57. The van der Waals surface area contributed by atoms with Crippen LogP contribution in [0.25, 0.3) is 0 Å². The molecule has 0 aliphatic carbocycles. The molecule has 0 radical (unpaired) electrons. The maximum Gasteiger partial charge on any atom is 0.416 e. The molecule has 1 aliphatic rings. The number of benzene rings is 1. The third-order valence-corrected chi connectivity index (χ3v) is 4.28. The second-order valence-electron chi connectivity index (χ2n) is 6.56. The number of halogens is 4. The SMILES string of the molecule is CC(C)(CO)[C@@H](c1cc(F)ccc1C(F)(F)F)N1CCNCC1. The van der Waals surface area contributed by atoms with Crippen molar-refractivity contribution in [3.8, 4) is 0 Å². The maximum absolute atomic E-state index is 13.7. The first-order chi connectivity index (χ1) is 10.7. The molecular formula is C16H22F4N2O. The number of hydrogen-bond donors (Lipinski definition) is 2. The van der Waals surface area contributed by atoms with Crippen LogP contribution in [-0.2, 0) is 6.18 Å². The molecule has 0 aromatic heterocycles. The van der Waals surface area contributed by atoms with Gasteiger partial charge < -0.3 is 10.4 Å². The fourth-order valence-electron chi connectivity index (χ4n) is 3.16. The summed E-state index contributed by atoms with van der Waals surface area (Å²) in [6, 6.07) is 1.84. The van der Waals surface area contributed by atoms with Crippen molar-refractivity contribution >= 4 is 0 Å². The van der Waals surface area contributed by atoms with E-state index < -0.39 is 29.0 Å². The summed E-state index contributed by atoms with van der Waals surface area (Å²) >= 11 is 0. The molecule has 0 unspecified atom stereocenters. The predicted molar refractivity (Wildman–Crippen MR) is 79.5 cm³/mol. The minimum Gasteiger partial charge on any atom is -0.396 e. The molecule has 0 spiro atoms. The molecule has 1 aromatic carbocycles. The number of rotatable bonds is 4. The Morgan fingerprint density at radius 3 is 2.35 bits per heavy atom. The normalized spacial score (nSPS) is 18.9. The van der Waals surface area contributed by atoms with Gasteiger partial charge in [0.2, 0.25) is 0 Å². The summed E-state index contributed by atoms with van der Waals surface area (Å²) < 4.78 is 53.8. The van der Waals surface area contributed by atoms with Crippen LogP contribution in [0, 0.1) is 11.2 Å². The topological polar surface area (TPSA) is 35.5 Å². The Kier molecular flexibility index (Phi) is 5.33. The van der Waals surface area contributed by atoms with Crippen LogP contribution in [0.15, 0.2) is 18.2 Å². The van der Waals surface area contributed by atoms with E-state index in [1.54, 1.807) is 13.8 Å². The van der Waals surface area contributed by atoms with Gasteiger partial charge in [-0.05, 0) is 23.8 Å². The Morgan fingerprint density at radius 2 is 1.83 bits per heavy atom. The number of nitrogens with one attached hydrogen (secondary N) is 1. The molecule has 0 amide bonds. The second kappa shape index (κ2) is 6.75. The van der Waals surface area contributed by atoms with Crippen molar-refractivity contribution in [3.05, 3.63) is 35.1 Å². The number of aliphatic hydroxyl groups is 1. The van der Waals surface area contributed by atoms with Gasteiger partial charge in [-0.15, -0.1) is 0 Å². The standard InChI is InChI=1S/C16H22F4N2O/c1-15(2,10-23)14(22-7-5-21-6-8-22)12-9-11(17)3-4-13(12)16(18,19)20/h3-4,9,14,21,23H,5-8,10H2,1-2H3/t14-/m1/s1. The molecule has 2 N–H and O–H groups in total. The van der Waals surface area contributed by atoms with E-state index in [-0.39, 0.29) is 12.2 Å². The molecule has 7 heteroatoms. The minimum absolute atomic E-state index is 0.113. The van der Waals surface area contributed by atoms with Gasteiger partial charge in [0.05, 0.1) is 5.56 Å². The van der Waals surface area contributed by atoms with E-state index in [1.807, 2.05) is 4.90 Å². The molecule has 1 atom stereocenters. The zero-order valence-corrected chi connectivity index (χ0v) is 13.3. The first kappa shape index (κ1) is 18.2. The number of hydrogen-bond acceptors (Lipinski definition) is 3. The van der Waals surface area contributed by atoms with Crippen LogP contribution in [0.3, 0.4) is 0 Å². The summed E-state index contributed by atoms with van der Waals surface area (Å²) in [6.45, 7) is 5.48. The number of alkyl halides is 3. The monoisotopic (exact) mass is 334 g/mol. The van der Waals surface area contributed by atoms with E-state index in [2.05, 4.69) is 5.32 Å². The fourth-order valence-corrected chi connectivity index (χ4v) is 3.16. The van der Waals surface area contributed by atoms with Crippen molar-refractivity contribution < 1.29 is 22.7 Å². The highest BCUT2D eigenvalue weighted by atomic mass is 19.4. The van der Waals surface area contributed by atoms with Crippen LogP contribution in [-0.4, -0.2) is 42.8 Å². The number of piperazine rings is 1. The number of nitrogens with zero attached hydrogens (tertiary/aromatic N) is 1. The molecule has 1 heterocycles. The van der Waals surface area contributed by atoms with Gasteiger partial charge in [0.25, 0.3) is 0 Å². The van der Waals surface area contributed by atoms with E-state index in [0.717, 1.165) is 18.2 Å². The lowest BCUT2D eigenvalue weighted by atomic mass is 9.78. The van der Waals surface area contributed by atoms with Crippen molar-refractivity contribution in [3.63, 3.8) is 0 Å². The van der Waals surface area contributed by atoms with E-state index in [9.17, 15) is 22.7 Å². The first-order valence-corrected chi connectivity index (χ1v) is 7.59. The van der Waals surface area contributed by atoms with Crippen LogP contribution >= 0.6 is 0 Å². The second-order valence-corrected chi connectivity index (χ2v) is 6.56. The van der Waals surface area contributed by atoms with Gasteiger partial charge >= 0.3 is 6.18 Å². The van der Waals surface area contributed by atoms with Crippen molar-refractivity contribution in [2.45, 2.75) is 26.1 Å². The molecule has 0 bridgehead atoms. The first-order valence-electron chi connectivity index (χ1n) is 7.59. The third-order valence-electron chi connectivity index (χ3n) is 4.28.